The number of halogens is 1. The first-order chi connectivity index (χ1) is 9.17. The van der Waals surface area contributed by atoms with Crippen molar-refractivity contribution in [2.75, 3.05) is 13.1 Å². The molecule has 2 N–H and O–H groups in total. The largest absolute Gasteiger partial charge is 0.335 e. The topological polar surface area (TPSA) is 46.3 Å². The summed E-state index contributed by atoms with van der Waals surface area (Å²) in [5, 5.41) is 0. The fraction of sp³-hybridized carbons (Fsp3) is 0.643. The van der Waals surface area contributed by atoms with E-state index in [-0.39, 0.29) is 5.91 Å². The molecule has 0 aromatic carbocycles. The Hall–Kier alpha value is -0.390. The highest BCUT2D eigenvalue weighted by Gasteiger charge is 2.32. The van der Waals surface area contributed by atoms with Gasteiger partial charge in [-0.2, -0.15) is 0 Å². The van der Waals surface area contributed by atoms with Crippen molar-refractivity contribution in [2.24, 2.45) is 11.7 Å². The van der Waals surface area contributed by atoms with Crippen molar-refractivity contribution in [2.45, 2.75) is 38.6 Å². The summed E-state index contributed by atoms with van der Waals surface area (Å²) in [6.07, 6.45) is 4.70. The molecule has 106 valence electrons. The van der Waals surface area contributed by atoms with Crippen LogP contribution in [0.1, 0.15) is 42.3 Å². The van der Waals surface area contributed by atoms with Crippen molar-refractivity contribution >= 4 is 33.2 Å². The van der Waals surface area contributed by atoms with E-state index in [2.05, 4.69) is 22.9 Å². The second kappa shape index (κ2) is 6.86. The fourth-order valence-electron chi connectivity index (χ4n) is 2.97. The molecular weight excluding hydrogens is 324 g/mol. The van der Waals surface area contributed by atoms with E-state index in [4.69, 9.17) is 5.73 Å². The molecule has 2 atom stereocenters. The van der Waals surface area contributed by atoms with Gasteiger partial charge in [0, 0.05) is 12.6 Å². The van der Waals surface area contributed by atoms with Crippen LogP contribution in [0.5, 0.6) is 0 Å². The fourth-order valence-corrected chi connectivity index (χ4v) is 4.31. The van der Waals surface area contributed by atoms with Crippen LogP contribution >= 0.6 is 27.3 Å². The van der Waals surface area contributed by atoms with Crippen LogP contribution in [0.4, 0.5) is 0 Å². The van der Waals surface area contributed by atoms with Gasteiger partial charge in [0.05, 0.1) is 8.66 Å². The van der Waals surface area contributed by atoms with Crippen LogP contribution in [0.3, 0.4) is 0 Å². The number of rotatable bonds is 4. The summed E-state index contributed by atoms with van der Waals surface area (Å²) in [5.74, 6) is 0.615. The summed E-state index contributed by atoms with van der Waals surface area (Å²) in [5.41, 5.74) is 5.89. The molecule has 1 amide bonds. The molecule has 0 radical (unpaired) electrons. The summed E-state index contributed by atoms with van der Waals surface area (Å²) in [4.78, 5) is 15.5. The second-order valence-electron chi connectivity index (χ2n) is 5.04. The molecule has 1 fully saturated rings. The van der Waals surface area contributed by atoms with E-state index in [9.17, 15) is 4.79 Å². The summed E-state index contributed by atoms with van der Waals surface area (Å²) in [6, 6.07) is 4.16. The second-order valence-corrected chi connectivity index (χ2v) is 7.51. The van der Waals surface area contributed by atoms with E-state index in [0.717, 1.165) is 28.0 Å². The number of nitrogens with zero attached hydrogens (tertiary/aromatic N) is 1. The molecule has 2 rings (SSSR count). The zero-order valence-electron chi connectivity index (χ0n) is 11.3. The lowest BCUT2D eigenvalue weighted by molar-refractivity contribution is 0.0565. The molecule has 5 heteroatoms. The van der Waals surface area contributed by atoms with E-state index in [1.54, 1.807) is 0 Å². The SMILES string of the molecule is CCN(C(=O)c1ccc(Br)s1)C1CCCCC1CN. The highest BCUT2D eigenvalue weighted by molar-refractivity contribution is 9.11. The Morgan fingerprint density at radius 3 is 2.79 bits per heavy atom. The lowest BCUT2D eigenvalue weighted by Gasteiger charge is -2.39. The molecule has 0 saturated heterocycles. The number of thiophene rings is 1. The van der Waals surface area contributed by atoms with Crippen LogP contribution in [0.2, 0.25) is 0 Å². The van der Waals surface area contributed by atoms with E-state index in [1.165, 1.54) is 24.2 Å². The number of amides is 1. The average molecular weight is 345 g/mol. The van der Waals surface area contributed by atoms with Gasteiger partial charge in [0.25, 0.3) is 5.91 Å². The van der Waals surface area contributed by atoms with Gasteiger partial charge in [0.15, 0.2) is 0 Å². The van der Waals surface area contributed by atoms with Crippen LogP contribution in [0.25, 0.3) is 0 Å². The van der Waals surface area contributed by atoms with Crippen molar-refractivity contribution in [3.05, 3.63) is 20.8 Å². The van der Waals surface area contributed by atoms with Gasteiger partial charge in [-0.25, -0.2) is 0 Å². The summed E-state index contributed by atoms with van der Waals surface area (Å²) < 4.78 is 1.01. The van der Waals surface area contributed by atoms with Gasteiger partial charge in [0.1, 0.15) is 0 Å². The molecule has 1 aliphatic rings. The summed E-state index contributed by atoms with van der Waals surface area (Å²) >= 11 is 4.93. The van der Waals surface area contributed by atoms with Crippen LogP contribution in [-0.2, 0) is 0 Å². The Bertz CT molecular complexity index is 435. The van der Waals surface area contributed by atoms with Crippen LogP contribution in [0, 0.1) is 5.92 Å². The van der Waals surface area contributed by atoms with E-state index < -0.39 is 0 Å². The molecule has 1 aromatic rings. The zero-order valence-corrected chi connectivity index (χ0v) is 13.7. The Kier molecular flexibility index (Phi) is 5.42. The van der Waals surface area contributed by atoms with Crippen molar-refractivity contribution in [1.82, 2.24) is 4.90 Å². The third-order valence-electron chi connectivity index (χ3n) is 3.96. The molecule has 3 nitrogen and oxygen atoms in total. The monoisotopic (exact) mass is 344 g/mol. The average Bonchev–Trinajstić information content (AvgIpc) is 2.86. The summed E-state index contributed by atoms with van der Waals surface area (Å²) in [6.45, 7) is 3.50. The summed E-state index contributed by atoms with van der Waals surface area (Å²) in [7, 11) is 0. The minimum atomic E-state index is 0.156. The minimum absolute atomic E-state index is 0.156. The predicted molar refractivity (Wildman–Crippen MR) is 83.5 cm³/mol. The maximum absolute atomic E-state index is 12.6. The lowest BCUT2D eigenvalue weighted by atomic mass is 9.83. The first-order valence-electron chi connectivity index (χ1n) is 6.93. The molecule has 1 heterocycles. The number of carbonyl (C=O) groups excluding carboxylic acids is 1. The van der Waals surface area contributed by atoms with Gasteiger partial charge in [-0.1, -0.05) is 12.8 Å². The van der Waals surface area contributed by atoms with Gasteiger partial charge in [-0.05, 0) is 60.3 Å². The molecule has 19 heavy (non-hydrogen) atoms. The number of carbonyl (C=O) groups is 1. The van der Waals surface area contributed by atoms with Gasteiger partial charge in [-0.15, -0.1) is 11.3 Å². The highest BCUT2D eigenvalue weighted by Crippen LogP contribution is 2.30. The smallest absolute Gasteiger partial charge is 0.264 e. The van der Waals surface area contributed by atoms with Crippen molar-refractivity contribution in [3.8, 4) is 0 Å². The van der Waals surface area contributed by atoms with Gasteiger partial charge >= 0.3 is 0 Å². The minimum Gasteiger partial charge on any atom is -0.335 e. The van der Waals surface area contributed by atoms with Gasteiger partial charge in [0.2, 0.25) is 0 Å². The van der Waals surface area contributed by atoms with E-state index in [0.29, 0.717) is 18.5 Å². The Morgan fingerprint density at radius 1 is 1.47 bits per heavy atom. The Balaban J connectivity index is 2.16. The number of hydrogen-bond acceptors (Lipinski definition) is 3. The Labute approximate surface area is 127 Å². The number of nitrogens with two attached hydrogens (primary N) is 1. The molecule has 0 bridgehead atoms. The van der Waals surface area contributed by atoms with Crippen molar-refractivity contribution < 1.29 is 4.79 Å². The standard InChI is InChI=1S/C14H21BrN2OS/c1-2-17(11-6-4-3-5-10(11)9-16)14(18)12-7-8-13(15)19-12/h7-8,10-11H,2-6,9,16H2,1H3. The molecule has 1 aliphatic carbocycles. The van der Waals surface area contributed by atoms with Crippen LogP contribution < -0.4 is 5.73 Å². The van der Waals surface area contributed by atoms with Gasteiger partial charge < -0.3 is 10.6 Å². The zero-order chi connectivity index (χ0) is 13.8. The van der Waals surface area contributed by atoms with E-state index in [1.807, 2.05) is 17.0 Å². The third-order valence-corrected chi connectivity index (χ3v) is 5.57. The van der Waals surface area contributed by atoms with Gasteiger partial charge in [-0.3, -0.25) is 4.79 Å². The first kappa shape index (κ1) is 15.0. The maximum atomic E-state index is 12.6. The predicted octanol–water partition coefficient (Wildman–Crippen LogP) is 3.49. The normalized spacial score (nSPS) is 23.3. The quantitative estimate of drug-likeness (QED) is 0.908. The molecule has 0 aliphatic heterocycles. The molecule has 0 spiro atoms. The van der Waals surface area contributed by atoms with Crippen molar-refractivity contribution in [1.29, 1.82) is 0 Å². The van der Waals surface area contributed by atoms with Crippen LogP contribution in [-0.4, -0.2) is 29.9 Å². The Morgan fingerprint density at radius 2 is 2.21 bits per heavy atom. The van der Waals surface area contributed by atoms with Crippen molar-refractivity contribution in [3.63, 3.8) is 0 Å². The highest BCUT2D eigenvalue weighted by atomic mass is 79.9. The molecule has 1 saturated carbocycles. The maximum Gasteiger partial charge on any atom is 0.264 e. The first-order valence-corrected chi connectivity index (χ1v) is 8.54. The lowest BCUT2D eigenvalue weighted by Crippen LogP contribution is -2.47. The van der Waals surface area contributed by atoms with E-state index >= 15 is 0 Å². The third kappa shape index (κ3) is 3.38. The van der Waals surface area contributed by atoms with Crippen LogP contribution in [0.15, 0.2) is 15.9 Å². The molecule has 2 unspecified atom stereocenters. The molecule has 1 aromatic heterocycles. The number of hydrogen-bond donors (Lipinski definition) is 1. The molecular formula is C14H21BrN2OS.